The molecule has 160 valence electrons. The summed E-state index contributed by atoms with van der Waals surface area (Å²) in [5, 5.41) is 0. The van der Waals surface area contributed by atoms with E-state index in [4.69, 9.17) is 14.2 Å². The number of hydrogen-bond donors (Lipinski definition) is 0. The molecule has 6 nitrogen and oxygen atoms in total. The first-order valence-electron chi connectivity index (χ1n) is 10.8. The second kappa shape index (κ2) is 8.55. The Labute approximate surface area is 181 Å². The molecule has 0 aliphatic carbocycles. The Bertz CT molecular complexity index is 1150. The van der Waals surface area contributed by atoms with E-state index in [-0.39, 0.29) is 11.8 Å². The fraction of sp³-hybridized carbons (Fsp3) is 0.360. The van der Waals surface area contributed by atoms with Gasteiger partial charge in [0, 0.05) is 24.8 Å². The highest BCUT2D eigenvalue weighted by molar-refractivity contribution is 5.67. The van der Waals surface area contributed by atoms with Gasteiger partial charge >= 0.3 is 5.69 Å². The van der Waals surface area contributed by atoms with Gasteiger partial charge in [0.1, 0.15) is 19.0 Å². The molecule has 0 bridgehead atoms. The third-order valence-electron chi connectivity index (χ3n) is 5.87. The van der Waals surface area contributed by atoms with Crippen LogP contribution in [0.4, 0.5) is 0 Å². The third kappa shape index (κ3) is 4.35. The molecule has 2 aliphatic rings. The summed E-state index contributed by atoms with van der Waals surface area (Å²) in [4.78, 5) is 16.7. The van der Waals surface area contributed by atoms with E-state index in [9.17, 15) is 4.79 Å². The van der Waals surface area contributed by atoms with Crippen LogP contribution in [0.5, 0.6) is 11.6 Å². The molecule has 1 atom stereocenters. The van der Waals surface area contributed by atoms with Crippen LogP contribution in [0.2, 0.25) is 0 Å². The van der Waals surface area contributed by atoms with Crippen LogP contribution in [0, 0.1) is 6.92 Å². The van der Waals surface area contributed by atoms with Gasteiger partial charge in [-0.2, -0.15) is 4.98 Å². The molecule has 3 aromatic rings. The molecule has 0 N–H and O–H groups in total. The number of aromatic nitrogens is 2. The molecule has 0 radical (unpaired) electrons. The van der Waals surface area contributed by atoms with Crippen molar-refractivity contribution in [1.29, 1.82) is 0 Å². The molecule has 0 amide bonds. The van der Waals surface area contributed by atoms with Crippen molar-refractivity contribution in [2.75, 3.05) is 13.2 Å². The third-order valence-corrected chi connectivity index (χ3v) is 5.87. The zero-order valence-corrected chi connectivity index (χ0v) is 17.7. The van der Waals surface area contributed by atoms with Gasteiger partial charge in [-0.1, -0.05) is 29.8 Å². The minimum absolute atomic E-state index is 0.0842. The van der Waals surface area contributed by atoms with Crippen molar-refractivity contribution in [2.24, 2.45) is 0 Å². The van der Waals surface area contributed by atoms with E-state index < -0.39 is 0 Å². The van der Waals surface area contributed by atoms with E-state index in [1.807, 2.05) is 24.3 Å². The summed E-state index contributed by atoms with van der Waals surface area (Å²) in [5.74, 6) is 1.19. The Kier molecular flexibility index (Phi) is 5.47. The Morgan fingerprint density at radius 1 is 1.16 bits per heavy atom. The number of fused-ring (bicyclic) bond motifs is 3. The van der Waals surface area contributed by atoms with Gasteiger partial charge in [0.15, 0.2) is 0 Å². The summed E-state index contributed by atoms with van der Waals surface area (Å²) in [6, 6.07) is 16.2. The molecule has 2 aliphatic heterocycles. The molecular formula is C25H26N2O4. The van der Waals surface area contributed by atoms with Crippen LogP contribution in [-0.4, -0.2) is 28.9 Å². The molecule has 6 heteroatoms. The molecule has 0 spiro atoms. The highest BCUT2D eigenvalue weighted by Gasteiger charge is 2.21. The predicted molar refractivity (Wildman–Crippen MR) is 118 cm³/mol. The van der Waals surface area contributed by atoms with Gasteiger partial charge in [0.05, 0.1) is 11.8 Å². The van der Waals surface area contributed by atoms with Crippen molar-refractivity contribution < 1.29 is 14.2 Å². The highest BCUT2D eigenvalue weighted by Crippen LogP contribution is 2.32. The molecule has 1 saturated heterocycles. The number of aryl methyl sites for hydroxylation is 2. The zero-order valence-electron chi connectivity index (χ0n) is 17.7. The maximum Gasteiger partial charge on any atom is 0.351 e. The maximum atomic E-state index is 12.6. The van der Waals surface area contributed by atoms with Gasteiger partial charge in [-0.25, -0.2) is 4.79 Å². The van der Waals surface area contributed by atoms with Gasteiger partial charge in [-0.05, 0) is 55.5 Å². The maximum absolute atomic E-state index is 12.6. The molecule has 5 rings (SSSR count). The van der Waals surface area contributed by atoms with Gasteiger partial charge in [0.2, 0.25) is 5.88 Å². The lowest BCUT2D eigenvalue weighted by Gasteiger charge is -2.22. The average molecular weight is 418 g/mol. The quantitative estimate of drug-likeness (QED) is 0.607. The van der Waals surface area contributed by atoms with Crippen LogP contribution in [0.15, 0.2) is 53.3 Å². The van der Waals surface area contributed by atoms with Crippen molar-refractivity contribution in [1.82, 2.24) is 9.55 Å². The molecule has 1 aromatic heterocycles. The van der Waals surface area contributed by atoms with Gasteiger partial charge in [0.25, 0.3) is 0 Å². The summed E-state index contributed by atoms with van der Waals surface area (Å²) >= 11 is 0. The number of benzene rings is 2. The first kappa shape index (κ1) is 19.8. The number of hydrogen-bond acceptors (Lipinski definition) is 5. The SMILES string of the molecule is Cc1cccc(COc2ccc3c(c2)CCn2c-3cc(OCC3CCCO3)nc2=O)c1. The topological polar surface area (TPSA) is 62.6 Å². The van der Waals surface area contributed by atoms with E-state index in [1.54, 1.807) is 4.57 Å². The first-order chi connectivity index (χ1) is 15.2. The van der Waals surface area contributed by atoms with Crippen molar-refractivity contribution in [3.8, 4) is 22.9 Å². The lowest BCUT2D eigenvalue weighted by atomic mass is 9.97. The minimum atomic E-state index is -0.273. The highest BCUT2D eigenvalue weighted by atomic mass is 16.5. The lowest BCUT2D eigenvalue weighted by molar-refractivity contribution is 0.0661. The van der Waals surface area contributed by atoms with Crippen LogP contribution in [-0.2, 0) is 24.3 Å². The summed E-state index contributed by atoms with van der Waals surface area (Å²) < 4.78 is 19.1. The molecule has 1 unspecified atom stereocenters. The van der Waals surface area contributed by atoms with Gasteiger partial charge in [-0.3, -0.25) is 4.57 Å². The average Bonchev–Trinajstić information content (AvgIpc) is 3.30. The molecule has 0 saturated carbocycles. The van der Waals surface area contributed by atoms with Crippen molar-refractivity contribution in [3.05, 3.63) is 75.7 Å². The summed E-state index contributed by atoms with van der Waals surface area (Å²) in [6.45, 7) is 4.41. The van der Waals surface area contributed by atoms with E-state index in [0.29, 0.717) is 25.6 Å². The van der Waals surface area contributed by atoms with Crippen LogP contribution < -0.4 is 15.2 Å². The van der Waals surface area contributed by atoms with Crippen molar-refractivity contribution >= 4 is 0 Å². The lowest BCUT2D eigenvalue weighted by Crippen LogP contribution is -2.29. The monoisotopic (exact) mass is 418 g/mol. The standard InChI is InChI=1S/C25H26N2O4/c1-17-4-2-5-18(12-17)15-30-20-7-8-22-19(13-20)9-10-27-23(22)14-24(26-25(27)28)31-16-21-6-3-11-29-21/h2,4-5,7-8,12-14,21H,3,6,9-11,15-16H2,1H3. The van der Waals surface area contributed by atoms with Crippen LogP contribution in [0.3, 0.4) is 0 Å². The summed E-state index contributed by atoms with van der Waals surface area (Å²) in [6.07, 6.45) is 2.89. The number of nitrogens with zero attached hydrogens (tertiary/aromatic N) is 2. The van der Waals surface area contributed by atoms with E-state index in [1.165, 1.54) is 5.56 Å². The van der Waals surface area contributed by atoms with E-state index in [0.717, 1.165) is 54.0 Å². The molecule has 3 heterocycles. The zero-order chi connectivity index (χ0) is 21.2. The molecule has 31 heavy (non-hydrogen) atoms. The van der Waals surface area contributed by atoms with Crippen LogP contribution in [0.25, 0.3) is 11.3 Å². The Hall–Kier alpha value is -3.12. The number of ether oxygens (including phenoxy) is 3. The smallest absolute Gasteiger partial charge is 0.351 e. The van der Waals surface area contributed by atoms with Crippen LogP contribution in [0.1, 0.15) is 29.5 Å². The summed E-state index contributed by atoms with van der Waals surface area (Å²) in [7, 11) is 0. The van der Waals surface area contributed by atoms with Gasteiger partial charge < -0.3 is 14.2 Å². The normalized spacial score (nSPS) is 17.1. The second-order valence-corrected chi connectivity index (χ2v) is 8.21. The molecular weight excluding hydrogens is 392 g/mol. The van der Waals surface area contributed by atoms with Crippen molar-refractivity contribution in [2.45, 2.75) is 45.4 Å². The van der Waals surface area contributed by atoms with Crippen molar-refractivity contribution in [3.63, 3.8) is 0 Å². The second-order valence-electron chi connectivity index (χ2n) is 8.21. The fourth-order valence-electron chi connectivity index (χ4n) is 4.27. The Morgan fingerprint density at radius 3 is 2.94 bits per heavy atom. The Morgan fingerprint density at radius 2 is 2.10 bits per heavy atom. The van der Waals surface area contributed by atoms with E-state index >= 15 is 0 Å². The minimum Gasteiger partial charge on any atom is -0.489 e. The first-order valence-corrected chi connectivity index (χ1v) is 10.8. The van der Waals surface area contributed by atoms with E-state index in [2.05, 4.69) is 36.2 Å². The van der Waals surface area contributed by atoms with Crippen LogP contribution >= 0.6 is 0 Å². The number of rotatable bonds is 6. The summed E-state index contributed by atoms with van der Waals surface area (Å²) in [5.41, 5.74) is 5.13. The fourth-order valence-corrected chi connectivity index (χ4v) is 4.27. The molecule has 2 aromatic carbocycles. The Balaban J connectivity index is 1.35. The van der Waals surface area contributed by atoms with Gasteiger partial charge in [-0.15, -0.1) is 0 Å². The predicted octanol–water partition coefficient (Wildman–Crippen LogP) is 3.91. The largest absolute Gasteiger partial charge is 0.489 e. The molecule has 1 fully saturated rings.